The standard InChI is InChI=1S/C11H14N4O3/c1-4-7-5-8(16)15(6-7)9-12-10(17-2)14-11(13-9)18-3/h4,7H,1,5-6H2,2-3H3. The van der Waals surface area contributed by atoms with Crippen molar-refractivity contribution in [1.29, 1.82) is 0 Å². The minimum Gasteiger partial charge on any atom is -0.467 e. The number of hydrogen-bond donors (Lipinski definition) is 0. The predicted molar refractivity (Wildman–Crippen MR) is 63.6 cm³/mol. The van der Waals surface area contributed by atoms with Crippen LogP contribution in [0.5, 0.6) is 12.0 Å². The van der Waals surface area contributed by atoms with Crippen molar-refractivity contribution in [2.24, 2.45) is 5.92 Å². The number of rotatable bonds is 4. The maximum absolute atomic E-state index is 11.8. The van der Waals surface area contributed by atoms with Gasteiger partial charge in [0, 0.05) is 18.9 Å². The van der Waals surface area contributed by atoms with Crippen LogP contribution in [0, 0.1) is 5.92 Å². The molecule has 96 valence electrons. The van der Waals surface area contributed by atoms with E-state index in [-0.39, 0.29) is 29.8 Å². The van der Waals surface area contributed by atoms with Crippen molar-refractivity contribution >= 4 is 11.9 Å². The van der Waals surface area contributed by atoms with Crippen molar-refractivity contribution in [2.75, 3.05) is 25.7 Å². The third-order valence-corrected chi connectivity index (χ3v) is 2.68. The van der Waals surface area contributed by atoms with Gasteiger partial charge in [-0.25, -0.2) is 0 Å². The maximum atomic E-state index is 11.8. The molecule has 0 N–H and O–H groups in total. The molecule has 1 aliphatic rings. The van der Waals surface area contributed by atoms with Gasteiger partial charge in [-0.2, -0.15) is 9.97 Å². The molecule has 2 rings (SSSR count). The van der Waals surface area contributed by atoms with E-state index in [1.54, 1.807) is 6.08 Å². The topological polar surface area (TPSA) is 77.4 Å². The first-order valence-corrected chi connectivity index (χ1v) is 5.45. The van der Waals surface area contributed by atoms with Gasteiger partial charge < -0.3 is 9.47 Å². The van der Waals surface area contributed by atoms with E-state index in [0.29, 0.717) is 13.0 Å². The van der Waals surface area contributed by atoms with Gasteiger partial charge in [-0.1, -0.05) is 6.08 Å². The van der Waals surface area contributed by atoms with Crippen molar-refractivity contribution in [3.05, 3.63) is 12.7 Å². The average molecular weight is 250 g/mol. The normalized spacial score (nSPS) is 18.9. The second-order valence-electron chi connectivity index (χ2n) is 3.81. The quantitative estimate of drug-likeness (QED) is 0.721. The van der Waals surface area contributed by atoms with E-state index < -0.39 is 0 Å². The minimum absolute atomic E-state index is 0.0461. The van der Waals surface area contributed by atoms with Crippen LogP contribution < -0.4 is 14.4 Å². The van der Waals surface area contributed by atoms with Crippen molar-refractivity contribution in [3.63, 3.8) is 0 Å². The first-order chi connectivity index (χ1) is 8.67. The van der Waals surface area contributed by atoms with Crippen molar-refractivity contribution in [1.82, 2.24) is 15.0 Å². The highest BCUT2D eigenvalue weighted by Gasteiger charge is 2.31. The molecule has 0 bridgehead atoms. The fourth-order valence-electron chi connectivity index (χ4n) is 1.72. The number of anilines is 1. The molecule has 18 heavy (non-hydrogen) atoms. The second kappa shape index (κ2) is 4.99. The second-order valence-corrected chi connectivity index (χ2v) is 3.81. The summed E-state index contributed by atoms with van der Waals surface area (Å²) in [6.07, 6.45) is 2.17. The minimum atomic E-state index is -0.0461. The molecule has 1 aromatic heterocycles. The summed E-state index contributed by atoms with van der Waals surface area (Å²) in [7, 11) is 2.88. The van der Waals surface area contributed by atoms with Gasteiger partial charge in [0.05, 0.1) is 14.2 Å². The Morgan fingerprint density at radius 2 is 1.89 bits per heavy atom. The first-order valence-electron chi connectivity index (χ1n) is 5.45. The van der Waals surface area contributed by atoms with Gasteiger partial charge in [-0.05, 0) is 0 Å². The number of ether oxygens (including phenoxy) is 2. The summed E-state index contributed by atoms with van der Waals surface area (Å²) in [5, 5.41) is 0. The average Bonchev–Trinajstić information content (AvgIpc) is 2.79. The third-order valence-electron chi connectivity index (χ3n) is 2.68. The summed E-state index contributed by atoms with van der Waals surface area (Å²) in [6.45, 7) is 4.20. The fourth-order valence-corrected chi connectivity index (χ4v) is 1.72. The van der Waals surface area contributed by atoms with Gasteiger partial charge >= 0.3 is 12.0 Å². The van der Waals surface area contributed by atoms with E-state index in [9.17, 15) is 4.79 Å². The van der Waals surface area contributed by atoms with Crippen LogP contribution in [0.15, 0.2) is 12.7 Å². The van der Waals surface area contributed by atoms with Crippen molar-refractivity contribution in [2.45, 2.75) is 6.42 Å². The lowest BCUT2D eigenvalue weighted by atomic mass is 10.1. The number of nitrogens with zero attached hydrogens (tertiary/aromatic N) is 4. The summed E-state index contributed by atoms with van der Waals surface area (Å²) in [4.78, 5) is 25.3. The van der Waals surface area contributed by atoms with Crippen molar-refractivity contribution in [3.8, 4) is 12.0 Å². The molecular weight excluding hydrogens is 236 g/mol. The molecule has 1 fully saturated rings. The number of hydrogen-bond acceptors (Lipinski definition) is 6. The van der Waals surface area contributed by atoms with Gasteiger partial charge in [0.15, 0.2) is 0 Å². The Bertz CT molecular complexity index is 455. The summed E-state index contributed by atoms with van der Waals surface area (Å²) in [5.41, 5.74) is 0. The zero-order valence-corrected chi connectivity index (χ0v) is 10.3. The molecule has 7 nitrogen and oxygen atoms in total. The van der Waals surface area contributed by atoms with Gasteiger partial charge in [0.1, 0.15) is 0 Å². The molecule has 0 aliphatic carbocycles. The van der Waals surface area contributed by atoms with E-state index in [2.05, 4.69) is 21.5 Å². The van der Waals surface area contributed by atoms with Gasteiger partial charge in [-0.3, -0.25) is 9.69 Å². The summed E-state index contributed by atoms with van der Waals surface area (Å²) >= 11 is 0. The van der Waals surface area contributed by atoms with Crippen LogP contribution >= 0.6 is 0 Å². The molecule has 0 radical (unpaired) electrons. The van der Waals surface area contributed by atoms with E-state index in [0.717, 1.165) is 0 Å². The zero-order chi connectivity index (χ0) is 13.1. The largest absolute Gasteiger partial charge is 0.467 e. The van der Waals surface area contributed by atoms with Gasteiger partial charge in [0.2, 0.25) is 11.9 Å². The number of carbonyl (C=O) groups is 1. The number of methoxy groups -OCH3 is 2. The van der Waals surface area contributed by atoms with E-state index in [1.807, 2.05) is 0 Å². The third kappa shape index (κ3) is 2.24. The maximum Gasteiger partial charge on any atom is 0.324 e. The van der Waals surface area contributed by atoms with Crippen LogP contribution in [0.3, 0.4) is 0 Å². The van der Waals surface area contributed by atoms with Gasteiger partial charge in [-0.15, -0.1) is 11.6 Å². The monoisotopic (exact) mass is 250 g/mol. The summed E-state index contributed by atoms with van der Waals surface area (Å²) in [5.74, 6) is 0.314. The lowest BCUT2D eigenvalue weighted by molar-refractivity contribution is -0.117. The molecule has 2 heterocycles. The Hall–Kier alpha value is -2.18. The molecule has 1 aromatic rings. The van der Waals surface area contributed by atoms with E-state index in [4.69, 9.17) is 9.47 Å². The highest BCUT2D eigenvalue weighted by Crippen LogP contribution is 2.24. The van der Waals surface area contributed by atoms with Crippen molar-refractivity contribution < 1.29 is 14.3 Å². The Morgan fingerprint density at radius 3 is 2.33 bits per heavy atom. The lowest BCUT2D eigenvalue weighted by Gasteiger charge is -2.14. The number of amides is 1. The summed E-state index contributed by atoms with van der Waals surface area (Å²) in [6, 6.07) is 0.235. The zero-order valence-electron chi connectivity index (χ0n) is 10.3. The molecule has 1 atom stereocenters. The number of aromatic nitrogens is 3. The molecule has 0 saturated carbocycles. The highest BCUT2D eigenvalue weighted by molar-refractivity contribution is 5.94. The molecular formula is C11H14N4O3. The first kappa shape index (κ1) is 12.3. The van der Waals surface area contributed by atoms with Crippen LogP contribution in [0.4, 0.5) is 5.95 Å². The molecule has 7 heteroatoms. The van der Waals surface area contributed by atoms with E-state index >= 15 is 0 Å². The molecule has 1 amide bonds. The Kier molecular flexibility index (Phi) is 3.40. The predicted octanol–water partition coefficient (Wildman–Crippen LogP) is 0.428. The fraction of sp³-hybridized carbons (Fsp3) is 0.455. The molecule has 0 spiro atoms. The highest BCUT2D eigenvalue weighted by atomic mass is 16.5. The van der Waals surface area contributed by atoms with Crippen LogP contribution in [0.2, 0.25) is 0 Å². The van der Waals surface area contributed by atoms with Crippen LogP contribution in [0.25, 0.3) is 0 Å². The SMILES string of the molecule is C=CC1CC(=O)N(c2nc(OC)nc(OC)n2)C1. The Balaban J connectivity index is 2.32. The van der Waals surface area contributed by atoms with Crippen LogP contribution in [-0.2, 0) is 4.79 Å². The molecule has 1 unspecified atom stereocenters. The molecule has 0 aromatic carbocycles. The summed E-state index contributed by atoms with van der Waals surface area (Å²) < 4.78 is 9.89. The molecule has 1 aliphatic heterocycles. The number of carbonyl (C=O) groups excluding carboxylic acids is 1. The van der Waals surface area contributed by atoms with E-state index in [1.165, 1.54) is 19.1 Å². The van der Waals surface area contributed by atoms with Gasteiger partial charge in [0.25, 0.3) is 0 Å². The molecule has 1 saturated heterocycles. The Morgan fingerprint density at radius 1 is 1.28 bits per heavy atom. The van der Waals surface area contributed by atoms with Crippen LogP contribution in [-0.4, -0.2) is 41.6 Å². The smallest absolute Gasteiger partial charge is 0.324 e. The lowest BCUT2D eigenvalue weighted by Crippen LogP contribution is -2.27. The van der Waals surface area contributed by atoms with Crippen LogP contribution in [0.1, 0.15) is 6.42 Å². The Labute approximate surface area is 104 Å².